The van der Waals surface area contributed by atoms with Gasteiger partial charge >= 0.3 is 0 Å². The Morgan fingerprint density at radius 3 is 2.38 bits per heavy atom. The summed E-state index contributed by atoms with van der Waals surface area (Å²) < 4.78 is 6.22. The Hall–Kier alpha value is -2.47. The van der Waals surface area contributed by atoms with Crippen LogP contribution >= 0.6 is 0 Å². The highest BCUT2D eigenvalue weighted by Gasteiger charge is 2.16. The molecule has 1 heterocycles. The van der Waals surface area contributed by atoms with Crippen LogP contribution in [-0.4, -0.2) is 41.4 Å². The molecule has 1 aromatic carbocycles. The van der Waals surface area contributed by atoms with E-state index in [2.05, 4.69) is 38.0 Å². The van der Waals surface area contributed by atoms with Gasteiger partial charge in [-0.1, -0.05) is 45.0 Å². The third-order valence-corrected chi connectivity index (χ3v) is 4.18. The first-order chi connectivity index (χ1) is 12.2. The lowest BCUT2D eigenvalue weighted by molar-refractivity contribution is 0.0775. The Morgan fingerprint density at radius 2 is 1.81 bits per heavy atom. The highest BCUT2D eigenvalue weighted by atomic mass is 16.5. The van der Waals surface area contributed by atoms with Crippen molar-refractivity contribution in [3.63, 3.8) is 0 Å². The highest BCUT2D eigenvalue weighted by molar-refractivity contribution is 5.91. The zero-order valence-corrected chi connectivity index (χ0v) is 16.2. The zero-order chi connectivity index (χ0) is 19.3. The van der Waals surface area contributed by atoms with E-state index in [1.165, 1.54) is 22.4 Å². The van der Waals surface area contributed by atoms with E-state index in [-0.39, 0.29) is 22.6 Å². The lowest BCUT2D eigenvalue weighted by Gasteiger charge is -2.21. The fraction of sp³-hybridized carbons (Fsp3) is 0.450. The van der Waals surface area contributed by atoms with Crippen molar-refractivity contribution in [3.8, 4) is 0 Å². The normalized spacial score (nSPS) is 11.4. The third kappa shape index (κ3) is 5.02. The summed E-state index contributed by atoms with van der Waals surface area (Å²) in [5.41, 5.74) is 2.39. The molecule has 140 valence electrons. The van der Waals surface area contributed by atoms with Crippen LogP contribution in [0.4, 0.5) is 0 Å². The van der Waals surface area contributed by atoms with Crippen molar-refractivity contribution in [1.29, 1.82) is 0 Å². The number of ether oxygens (including phenoxy) is 1. The van der Waals surface area contributed by atoms with Gasteiger partial charge in [-0.2, -0.15) is 5.10 Å². The van der Waals surface area contributed by atoms with Gasteiger partial charge in [0.15, 0.2) is 0 Å². The average molecular weight is 357 g/mol. The lowest BCUT2D eigenvalue weighted by Crippen LogP contribution is -2.31. The number of hydrogen-bond donors (Lipinski definition) is 0. The van der Waals surface area contributed by atoms with Gasteiger partial charge in [0.2, 0.25) is 0 Å². The van der Waals surface area contributed by atoms with E-state index in [0.717, 1.165) is 5.56 Å². The first kappa shape index (κ1) is 19.8. The van der Waals surface area contributed by atoms with Crippen LogP contribution in [0.15, 0.2) is 41.2 Å². The molecule has 0 spiro atoms. The summed E-state index contributed by atoms with van der Waals surface area (Å²) in [7, 11) is 3.28. The molecule has 0 aliphatic heterocycles. The molecule has 6 nitrogen and oxygen atoms in total. The number of amides is 1. The Labute approximate surface area is 154 Å². The molecule has 2 rings (SSSR count). The number of rotatable bonds is 6. The molecular weight excluding hydrogens is 330 g/mol. The van der Waals surface area contributed by atoms with Crippen LogP contribution in [0, 0.1) is 0 Å². The van der Waals surface area contributed by atoms with Gasteiger partial charge in [0, 0.05) is 26.8 Å². The van der Waals surface area contributed by atoms with Crippen LogP contribution in [0.3, 0.4) is 0 Å². The van der Waals surface area contributed by atoms with Crippen molar-refractivity contribution in [2.24, 2.45) is 0 Å². The minimum absolute atomic E-state index is 0.0973. The van der Waals surface area contributed by atoms with Gasteiger partial charge in [0.25, 0.3) is 11.5 Å². The van der Waals surface area contributed by atoms with Crippen LogP contribution in [0.1, 0.15) is 42.4 Å². The second-order valence-corrected chi connectivity index (χ2v) is 7.38. The minimum Gasteiger partial charge on any atom is -0.383 e. The van der Waals surface area contributed by atoms with Crippen LogP contribution in [0.2, 0.25) is 0 Å². The van der Waals surface area contributed by atoms with E-state index >= 15 is 0 Å². The van der Waals surface area contributed by atoms with Gasteiger partial charge in [-0.3, -0.25) is 9.59 Å². The van der Waals surface area contributed by atoms with E-state index in [1.807, 2.05) is 12.1 Å². The van der Waals surface area contributed by atoms with Crippen molar-refractivity contribution >= 4 is 5.91 Å². The molecule has 0 aliphatic rings. The molecule has 0 fully saturated rings. The topological polar surface area (TPSA) is 64.4 Å². The van der Waals surface area contributed by atoms with Crippen LogP contribution in [0.25, 0.3) is 0 Å². The Bertz CT molecular complexity index is 804. The van der Waals surface area contributed by atoms with E-state index in [1.54, 1.807) is 19.1 Å². The minimum atomic E-state index is -0.251. The summed E-state index contributed by atoms with van der Waals surface area (Å²) in [6.07, 6.45) is 0. The average Bonchev–Trinajstić information content (AvgIpc) is 2.60. The smallest absolute Gasteiger partial charge is 0.274 e. The molecule has 6 heteroatoms. The van der Waals surface area contributed by atoms with E-state index < -0.39 is 0 Å². The van der Waals surface area contributed by atoms with Crippen LogP contribution in [-0.2, 0) is 23.2 Å². The molecule has 0 N–H and O–H groups in total. The molecule has 0 aliphatic carbocycles. The molecule has 2 aromatic rings. The highest BCUT2D eigenvalue weighted by Crippen LogP contribution is 2.22. The predicted molar refractivity (Wildman–Crippen MR) is 101 cm³/mol. The fourth-order valence-electron chi connectivity index (χ4n) is 2.55. The second kappa shape index (κ2) is 8.27. The van der Waals surface area contributed by atoms with Gasteiger partial charge in [0.05, 0.1) is 13.2 Å². The number of aromatic nitrogens is 2. The van der Waals surface area contributed by atoms with Crippen molar-refractivity contribution < 1.29 is 9.53 Å². The predicted octanol–water partition coefficient (Wildman–Crippen LogP) is 2.46. The molecular formula is C20H27N3O3. The molecule has 26 heavy (non-hydrogen) atoms. The largest absolute Gasteiger partial charge is 0.383 e. The third-order valence-electron chi connectivity index (χ3n) is 4.18. The summed E-state index contributed by atoms with van der Waals surface area (Å²) in [6, 6.07) is 11.1. The number of benzene rings is 1. The number of carbonyl (C=O) groups excluding carboxylic acids is 1. The Morgan fingerprint density at radius 1 is 1.15 bits per heavy atom. The quantitative estimate of drug-likeness (QED) is 0.797. The van der Waals surface area contributed by atoms with Crippen molar-refractivity contribution in [3.05, 3.63) is 63.6 Å². The number of methoxy groups -OCH3 is 1. The first-order valence-corrected chi connectivity index (χ1v) is 8.64. The Kier molecular flexibility index (Phi) is 6.32. The van der Waals surface area contributed by atoms with Gasteiger partial charge < -0.3 is 9.64 Å². The zero-order valence-electron chi connectivity index (χ0n) is 16.2. The van der Waals surface area contributed by atoms with E-state index in [9.17, 15) is 9.59 Å². The van der Waals surface area contributed by atoms with Crippen molar-refractivity contribution in [2.45, 2.75) is 39.3 Å². The summed E-state index contributed by atoms with van der Waals surface area (Å²) in [4.78, 5) is 26.0. The first-order valence-electron chi connectivity index (χ1n) is 8.64. The van der Waals surface area contributed by atoms with Gasteiger partial charge in [0.1, 0.15) is 5.69 Å². The van der Waals surface area contributed by atoms with Gasteiger partial charge in [-0.05, 0) is 22.6 Å². The maximum absolute atomic E-state index is 12.6. The van der Waals surface area contributed by atoms with Gasteiger partial charge in [-0.25, -0.2) is 4.68 Å². The maximum atomic E-state index is 12.6. The molecule has 0 unspecified atom stereocenters. The summed E-state index contributed by atoms with van der Waals surface area (Å²) in [5.74, 6) is -0.226. The number of nitrogens with zero attached hydrogens (tertiary/aromatic N) is 3. The summed E-state index contributed by atoms with van der Waals surface area (Å²) >= 11 is 0. The summed E-state index contributed by atoms with van der Waals surface area (Å²) in [6.45, 7) is 7.66. The van der Waals surface area contributed by atoms with Crippen molar-refractivity contribution in [1.82, 2.24) is 14.7 Å². The molecule has 0 bridgehead atoms. The lowest BCUT2D eigenvalue weighted by atomic mass is 9.87. The van der Waals surface area contributed by atoms with E-state index in [4.69, 9.17) is 4.74 Å². The number of carbonyl (C=O) groups is 1. The van der Waals surface area contributed by atoms with E-state index in [0.29, 0.717) is 19.7 Å². The molecule has 0 saturated carbocycles. The van der Waals surface area contributed by atoms with Gasteiger partial charge in [-0.15, -0.1) is 0 Å². The summed E-state index contributed by atoms with van der Waals surface area (Å²) in [5, 5.41) is 4.15. The molecule has 0 saturated heterocycles. The standard InChI is InChI=1S/C20H27N3O3/c1-20(2,3)16-8-6-15(7-9-16)14-22(4)19(25)17-10-11-18(24)23(21-17)12-13-26-5/h6-11H,12-14H2,1-5H3. The molecule has 0 atom stereocenters. The van der Waals surface area contributed by atoms with Crippen LogP contribution in [0.5, 0.6) is 0 Å². The monoisotopic (exact) mass is 357 g/mol. The number of hydrogen-bond acceptors (Lipinski definition) is 4. The fourth-order valence-corrected chi connectivity index (χ4v) is 2.55. The molecule has 0 radical (unpaired) electrons. The second-order valence-electron chi connectivity index (χ2n) is 7.38. The SMILES string of the molecule is COCCn1nc(C(=O)N(C)Cc2ccc(C(C)(C)C)cc2)ccc1=O. The molecule has 1 amide bonds. The Balaban J connectivity index is 2.11. The molecule has 1 aromatic heterocycles. The van der Waals surface area contributed by atoms with Crippen LogP contribution < -0.4 is 5.56 Å². The maximum Gasteiger partial charge on any atom is 0.274 e. The van der Waals surface area contributed by atoms with Crippen molar-refractivity contribution in [2.75, 3.05) is 20.8 Å².